The van der Waals surface area contributed by atoms with Crippen LogP contribution in [0.15, 0.2) is 36.8 Å². The van der Waals surface area contributed by atoms with Crippen molar-refractivity contribution in [2.45, 2.75) is 51.7 Å². The molecule has 1 aromatic carbocycles. The predicted molar refractivity (Wildman–Crippen MR) is 92.1 cm³/mol. The molecule has 0 radical (unpaired) electrons. The number of rotatable bonds is 4. The lowest BCUT2D eigenvalue weighted by Crippen LogP contribution is -2.39. The normalized spacial score (nSPS) is 20.4. The van der Waals surface area contributed by atoms with E-state index in [1.807, 2.05) is 26.0 Å². The average molecular weight is 325 g/mol. The van der Waals surface area contributed by atoms with Crippen LogP contribution in [0.2, 0.25) is 0 Å². The second-order valence-corrected chi connectivity index (χ2v) is 6.48. The number of carbonyl (C=O) groups is 1. The maximum Gasteiger partial charge on any atom is 0.251 e. The zero-order valence-corrected chi connectivity index (χ0v) is 14.2. The van der Waals surface area contributed by atoms with Gasteiger partial charge in [0.2, 0.25) is 5.88 Å². The Labute approximate surface area is 142 Å². The van der Waals surface area contributed by atoms with Crippen LogP contribution in [0.4, 0.5) is 0 Å². The molecule has 1 N–H and O–H groups in total. The Morgan fingerprint density at radius 2 is 1.79 bits per heavy atom. The number of aryl methyl sites for hydroxylation is 2. The number of amides is 1. The molecule has 5 heteroatoms. The molecule has 0 atom stereocenters. The molecule has 0 saturated heterocycles. The van der Waals surface area contributed by atoms with Crippen LogP contribution in [0.1, 0.15) is 47.2 Å². The summed E-state index contributed by atoms with van der Waals surface area (Å²) in [5, 5.41) is 3.15. The molecular formula is C19H23N3O2. The summed E-state index contributed by atoms with van der Waals surface area (Å²) in [6.07, 6.45) is 8.70. The first-order valence-corrected chi connectivity index (χ1v) is 8.42. The third-order valence-electron chi connectivity index (χ3n) is 4.32. The van der Waals surface area contributed by atoms with Crippen LogP contribution < -0.4 is 10.1 Å². The molecule has 1 amide bonds. The molecule has 5 nitrogen and oxygen atoms in total. The van der Waals surface area contributed by atoms with E-state index in [4.69, 9.17) is 4.74 Å². The van der Waals surface area contributed by atoms with Crippen LogP contribution in [0, 0.1) is 13.8 Å². The molecule has 1 saturated carbocycles. The third-order valence-corrected chi connectivity index (χ3v) is 4.32. The Balaban J connectivity index is 1.51. The first-order valence-electron chi connectivity index (χ1n) is 8.42. The third kappa shape index (κ3) is 4.31. The van der Waals surface area contributed by atoms with Crippen molar-refractivity contribution in [2.24, 2.45) is 0 Å². The van der Waals surface area contributed by atoms with Crippen LogP contribution in [-0.4, -0.2) is 28.0 Å². The Hall–Kier alpha value is -2.43. The summed E-state index contributed by atoms with van der Waals surface area (Å²) in [6, 6.07) is 6.15. The zero-order valence-electron chi connectivity index (χ0n) is 14.2. The van der Waals surface area contributed by atoms with Crippen molar-refractivity contribution in [1.82, 2.24) is 15.3 Å². The fourth-order valence-corrected chi connectivity index (χ4v) is 3.22. The summed E-state index contributed by atoms with van der Waals surface area (Å²) in [5.74, 6) is 0.584. The van der Waals surface area contributed by atoms with E-state index in [9.17, 15) is 4.79 Å². The minimum atomic E-state index is 0.0140. The van der Waals surface area contributed by atoms with Gasteiger partial charge in [0.1, 0.15) is 6.10 Å². The minimum Gasteiger partial charge on any atom is -0.473 e. The van der Waals surface area contributed by atoms with Crippen molar-refractivity contribution >= 4 is 5.91 Å². The molecule has 0 aliphatic heterocycles. The van der Waals surface area contributed by atoms with Crippen LogP contribution in [-0.2, 0) is 0 Å². The molecule has 1 fully saturated rings. The Morgan fingerprint density at radius 1 is 1.08 bits per heavy atom. The maximum atomic E-state index is 12.4. The topological polar surface area (TPSA) is 64.1 Å². The molecule has 0 bridgehead atoms. The highest BCUT2D eigenvalue weighted by Crippen LogP contribution is 2.23. The van der Waals surface area contributed by atoms with E-state index >= 15 is 0 Å². The summed E-state index contributed by atoms with van der Waals surface area (Å²) in [6.45, 7) is 4.03. The van der Waals surface area contributed by atoms with Gasteiger partial charge in [-0.2, -0.15) is 0 Å². The number of ether oxygens (including phenoxy) is 1. The van der Waals surface area contributed by atoms with Crippen molar-refractivity contribution in [3.8, 4) is 5.88 Å². The number of benzene rings is 1. The molecular weight excluding hydrogens is 302 g/mol. The number of nitrogens with one attached hydrogen (secondary N) is 1. The molecule has 1 aromatic heterocycles. The number of hydrogen-bond donors (Lipinski definition) is 1. The Morgan fingerprint density at radius 3 is 2.42 bits per heavy atom. The van der Waals surface area contributed by atoms with Crippen molar-refractivity contribution in [2.75, 3.05) is 0 Å². The van der Waals surface area contributed by atoms with Gasteiger partial charge in [0, 0.05) is 24.0 Å². The first kappa shape index (κ1) is 16.4. The lowest BCUT2D eigenvalue weighted by Gasteiger charge is -2.29. The molecule has 2 aromatic rings. The van der Waals surface area contributed by atoms with Gasteiger partial charge < -0.3 is 10.1 Å². The highest BCUT2D eigenvalue weighted by molar-refractivity contribution is 5.94. The van der Waals surface area contributed by atoms with Gasteiger partial charge in [-0.15, -0.1) is 0 Å². The minimum absolute atomic E-state index is 0.0140. The molecule has 1 aliphatic carbocycles. The second kappa shape index (κ2) is 7.43. The summed E-state index contributed by atoms with van der Waals surface area (Å²) < 4.78 is 5.84. The summed E-state index contributed by atoms with van der Waals surface area (Å²) in [7, 11) is 0. The van der Waals surface area contributed by atoms with Crippen LogP contribution in [0.5, 0.6) is 5.88 Å². The number of nitrogens with zero attached hydrogens (tertiary/aromatic N) is 2. The molecule has 1 aliphatic rings. The van der Waals surface area contributed by atoms with Gasteiger partial charge in [-0.05, 0) is 51.7 Å². The predicted octanol–water partition coefficient (Wildman–Crippen LogP) is 3.21. The van der Waals surface area contributed by atoms with Crippen LogP contribution in [0.25, 0.3) is 0 Å². The van der Waals surface area contributed by atoms with E-state index in [-0.39, 0.29) is 18.1 Å². The number of hydrogen-bond acceptors (Lipinski definition) is 4. The lowest BCUT2D eigenvalue weighted by atomic mass is 9.92. The molecule has 1 heterocycles. The Kier molecular flexibility index (Phi) is 5.08. The standard InChI is InChI=1S/C19H23N3O2/c1-13-9-14(2)11-15(10-13)19(23)22-16-3-5-17(6-4-16)24-18-12-20-7-8-21-18/h7-12,16-17H,3-6H2,1-2H3,(H,22,23). The molecule has 24 heavy (non-hydrogen) atoms. The number of aromatic nitrogens is 2. The zero-order chi connectivity index (χ0) is 16.9. The van der Waals surface area contributed by atoms with Crippen molar-refractivity contribution < 1.29 is 9.53 Å². The fourth-order valence-electron chi connectivity index (χ4n) is 3.22. The summed E-state index contributed by atoms with van der Waals surface area (Å²) in [5.41, 5.74) is 2.97. The summed E-state index contributed by atoms with van der Waals surface area (Å²) in [4.78, 5) is 20.6. The van der Waals surface area contributed by atoms with Crippen molar-refractivity contribution in [1.29, 1.82) is 0 Å². The largest absolute Gasteiger partial charge is 0.473 e. The van der Waals surface area contributed by atoms with Gasteiger partial charge in [0.05, 0.1) is 6.20 Å². The van der Waals surface area contributed by atoms with E-state index in [0.29, 0.717) is 5.88 Å². The van der Waals surface area contributed by atoms with E-state index < -0.39 is 0 Å². The SMILES string of the molecule is Cc1cc(C)cc(C(=O)NC2CCC(Oc3cnccn3)CC2)c1. The molecule has 0 unspecified atom stereocenters. The second-order valence-electron chi connectivity index (χ2n) is 6.48. The van der Waals surface area contributed by atoms with Crippen LogP contribution in [0.3, 0.4) is 0 Å². The maximum absolute atomic E-state index is 12.4. The average Bonchev–Trinajstić information content (AvgIpc) is 2.57. The smallest absolute Gasteiger partial charge is 0.251 e. The van der Waals surface area contributed by atoms with E-state index in [0.717, 1.165) is 42.4 Å². The first-order chi connectivity index (χ1) is 11.6. The monoisotopic (exact) mass is 325 g/mol. The quantitative estimate of drug-likeness (QED) is 0.937. The summed E-state index contributed by atoms with van der Waals surface area (Å²) >= 11 is 0. The van der Waals surface area contributed by atoms with E-state index in [2.05, 4.69) is 21.4 Å². The van der Waals surface area contributed by atoms with E-state index in [1.165, 1.54) is 0 Å². The fraction of sp³-hybridized carbons (Fsp3) is 0.421. The highest BCUT2D eigenvalue weighted by Gasteiger charge is 2.24. The molecule has 126 valence electrons. The molecule has 0 spiro atoms. The van der Waals surface area contributed by atoms with Gasteiger partial charge in [0.25, 0.3) is 5.91 Å². The Bertz CT molecular complexity index is 675. The lowest BCUT2D eigenvalue weighted by molar-refractivity contribution is 0.0889. The van der Waals surface area contributed by atoms with Gasteiger partial charge in [-0.25, -0.2) is 4.98 Å². The highest BCUT2D eigenvalue weighted by atomic mass is 16.5. The van der Waals surface area contributed by atoms with Crippen LogP contribution >= 0.6 is 0 Å². The molecule has 3 rings (SSSR count). The van der Waals surface area contributed by atoms with E-state index in [1.54, 1.807) is 18.6 Å². The van der Waals surface area contributed by atoms with Gasteiger partial charge in [-0.3, -0.25) is 9.78 Å². The number of carbonyl (C=O) groups excluding carboxylic acids is 1. The van der Waals surface area contributed by atoms with Gasteiger partial charge in [0.15, 0.2) is 0 Å². The van der Waals surface area contributed by atoms with Gasteiger partial charge >= 0.3 is 0 Å². The van der Waals surface area contributed by atoms with Crippen molar-refractivity contribution in [3.63, 3.8) is 0 Å². The van der Waals surface area contributed by atoms with Gasteiger partial charge in [-0.1, -0.05) is 17.2 Å². The van der Waals surface area contributed by atoms with Crippen molar-refractivity contribution in [3.05, 3.63) is 53.5 Å².